The van der Waals surface area contributed by atoms with Crippen molar-refractivity contribution >= 4 is 57.2 Å². The Balaban J connectivity index is 1.77. The van der Waals surface area contributed by atoms with Gasteiger partial charge in [-0.15, -0.1) is 11.8 Å². The van der Waals surface area contributed by atoms with E-state index < -0.39 is 0 Å². The number of nitrogens with one attached hydrogen (secondary N) is 1. The molecular formula is C25H19Cl2N3O2S. The third-order valence-corrected chi connectivity index (χ3v) is 6.73. The number of anilines is 2. The van der Waals surface area contributed by atoms with Crippen LogP contribution in [0.4, 0.5) is 11.4 Å². The minimum atomic E-state index is 0.374. The predicted molar refractivity (Wildman–Crippen MR) is 135 cm³/mol. The Bertz CT molecular complexity index is 1360. The van der Waals surface area contributed by atoms with Crippen molar-refractivity contribution in [1.82, 2.24) is 4.98 Å². The summed E-state index contributed by atoms with van der Waals surface area (Å²) in [6.07, 6.45) is 1.55. The quantitative estimate of drug-likeness (QED) is 0.268. The highest BCUT2D eigenvalue weighted by atomic mass is 35.5. The molecule has 1 N–H and O–H groups in total. The summed E-state index contributed by atoms with van der Waals surface area (Å²) < 4.78 is 11.0. The van der Waals surface area contributed by atoms with E-state index >= 15 is 0 Å². The molecule has 4 aromatic rings. The number of benzene rings is 3. The van der Waals surface area contributed by atoms with Crippen LogP contribution in [0.25, 0.3) is 10.9 Å². The lowest BCUT2D eigenvalue weighted by atomic mass is 10.1. The fourth-order valence-corrected chi connectivity index (χ4v) is 4.84. The summed E-state index contributed by atoms with van der Waals surface area (Å²) in [6, 6.07) is 19.6. The average Bonchev–Trinajstić information content (AvgIpc) is 2.84. The molecule has 8 heteroatoms. The van der Waals surface area contributed by atoms with E-state index in [1.807, 2.05) is 30.3 Å². The van der Waals surface area contributed by atoms with Crippen molar-refractivity contribution in [2.45, 2.75) is 10.6 Å². The van der Waals surface area contributed by atoms with Gasteiger partial charge in [-0.1, -0.05) is 53.5 Å². The molecule has 0 amide bonds. The number of hydrogen-bond donors (Lipinski definition) is 1. The molecule has 1 aromatic heterocycles. The Labute approximate surface area is 206 Å². The molecule has 3 aromatic carbocycles. The number of hydrogen-bond acceptors (Lipinski definition) is 6. The highest BCUT2D eigenvalue weighted by Gasteiger charge is 2.16. The molecule has 0 fully saturated rings. The maximum Gasteiger partial charge on any atom is 0.139 e. The molecule has 0 aliphatic rings. The number of nitriles is 1. The van der Waals surface area contributed by atoms with Crippen LogP contribution in [0.1, 0.15) is 11.1 Å². The standard InChI is InChI=1S/C25H19Cl2N3O2S/c1-31-22-10-21(18(26)9-19(22)27)30-25-16(12-28)13-29-20-11-24(23(32-2)8-17(20)25)33-14-15-6-4-3-5-7-15/h3-11,13H,14H2,1-2H3,(H,29,30). The first-order valence-electron chi connectivity index (χ1n) is 9.91. The Morgan fingerprint density at radius 2 is 1.76 bits per heavy atom. The van der Waals surface area contributed by atoms with Crippen LogP contribution in [-0.4, -0.2) is 19.2 Å². The molecule has 0 bridgehead atoms. The zero-order valence-corrected chi connectivity index (χ0v) is 20.2. The van der Waals surface area contributed by atoms with Gasteiger partial charge in [0.2, 0.25) is 0 Å². The summed E-state index contributed by atoms with van der Waals surface area (Å²) in [6.45, 7) is 0. The van der Waals surface area contributed by atoms with Crippen molar-refractivity contribution < 1.29 is 9.47 Å². The van der Waals surface area contributed by atoms with Gasteiger partial charge in [0, 0.05) is 23.4 Å². The number of methoxy groups -OCH3 is 2. The second kappa shape index (κ2) is 10.2. The summed E-state index contributed by atoms with van der Waals surface area (Å²) in [5, 5.41) is 14.5. The maximum atomic E-state index is 9.72. The molecular weight excluding hydrogens is 477 g/mol. The van der Waals surface area contributed by atoms with Crippen LogP contribution in [0.2, 0.25) is 10.0 Å². The van der Waals surface area contributed by atoms with Crippen molar-refractivity contribution in [3.05, 3.63) is 82.0 Å². The van der Waals surface area contributed by atoms with Crippen LogP contribution in [-0.2, 0) is 5.75 Å². The Morgan fingerprint density at radius 1 is 1.00 bits per heavy atom. The molecule has 5 nitrogen and oxygen atoms in total. The first-order chi connectivity index (χ1) is 16.0. The maximum absolute atomic E-state index is 9.72. The van der Waals surface area contributed by atoms with E-state index in [2.05, 4.69) is 28.5 Å². The lowest BCUT2D eigenvalue weighted by molar-refractivity contribution is 0.405. The topological polar surface area (TPSA) is 67.2 Å². The van der Waals surface area contributed by atoms with Gasteiger partial charge in [-0.25, -0.2) is 0 Å². The lowest BCUT2D eigenvalue weighted by Crippen LogP contribution is -1.99. The molecule has 0 unspecified atom stereocenters. The third kappa shape index (κ3) is 4.96. The number of aromatic nitrogens is 1. The number of halogens is 2. The minimum Gasteiger partial charge on any atom is -0.496 e. The Kier molecular flexibility index (Phi) is 7.14. The van der Waals surface area contributed by atoms with Gasteiger partial charge < -0.3 is 14.8 Å². The van der Waals surface area contributed by atoms with E-state index in [-0.39, 0.29) is 0 Å². The largest absolute Gasteiger partial charge is 0.496 e. The molecule has 0 saturated carbocycles. The van der Waals surface area contributed by atoms with E-state index in [0.29, 0.717) is 38.5 Å². The smallest absolute Gasteiger partial charge is 0.139 e. The van der Waals surface area contributed by atoms with Gasteiger partial charge >= 0.3 is 0 Å². The van der Waals surface area contributed by atoms with E-state index in [0.717, 1.165) is 21.6 Å². The molecule has 0 atom stereocenters. The highest BCUT2D eigenvalue weighted by Crippen LogP contribution is 2.41. The van der Waals surface area contributed by atoms with Crippen LogP contribution in [0.5, 0.6) is 11.5 Å². The molecule has 1 heterocycles. The molecule has 0 aliphatic carbocycles. The van der Waals surface area contributed by atoms with E-state index in [9.17, 15) is 5.26 Å². The van der Waals surface area contributed by atoms with Gasteiger partial charge in [0.25, 0.3) is 0 Å². The fourth-order valence-electron chi connectivity index (χ4n) is 3.34. The van der Waals surface area contributed by atoms with Gasteiger partial charge in [0.1, 0.15) is 17.6 Å². The number of nitrogens with zero attached hydrogens (tertiary/aromatic N) is 2. The van der Waals surface area contributed by atoms with Gasteiger partial charge in [-0.05, 0) is 23.8 Å². The van der Waals surface area contributed by atoms with Gasteiger partial charge in [-0.3, -0.25) is 4.98 Å². The first-order valence-corrected chi connectivity index (χ1v) is 11.7. The minimum absolute atomic E-state index is 0.374. The highest BCUT2D eigenvalue weighted by molar-refractivity contribution is 7.98. The number of fused-ring (bicyclic) bond motifs is 1. The molecule has 166 valence electrons. The summed E-state index contributed by atoms with van der Waals surface area (Å²) >= 11 is 14.2. The second-order valence-corrected chi connectivity index (χ2v) is 8.88. The molecule has 4 rings (SSSR count). The Hall–Kier alpha value is -3.11. The van der Waals surface area contributed by atoms with Crippen molar-refractivity contribution in [1.29, 1.82) is 5.26 Å². The van der Waals surface area contributed by atoms with E-state index in [1.54, 1.807) is 37.2 Å². The molecule has 0 aliphatic heterocycles. The SMILES string of the molecule is COc1cc(Nc2c(C#N)cnc3cc(SCc4ccccc4)c(OC)cc23)c(Cl)cc1Cl. The predicted octanol–water partition coefficient (Wildman–Crippen LogP) is 7.47. The van der Waals surface area contributed by atoms with Crippen LogP contribution >= 0.6 is 35.0 Å². The van der Waals surface area contributed by atoms with E-state index in [1.165, 1.54) is 12.7 Å². The number of ether oxygens (including phenoxy) is 2. The molecule has 0 saturated heterocycles. The van der Waals surface area contributed by atoms with Crippen molar-refractivity contribution in [2.24, 2.45) is 0 Å². The monoisotopic (exact) mass is 495 g/mol. The average molecular weight is 496 g/mol. The summed E-state index contributed by atoms with van der Waals surface area (Å²) in [5.74, 6) is 1.96. The molecule has 0 spiro atoms. The van der Waals surface area contributed by atoms with Crippen LogP contribution in [0.15, 0.2) is 65.7 Å². The summed E-state index contributed by atoms with van der Waals surface area (Å²) in [4.78, 5) is 5.47. The summed E-state index contributed by atoms with van der Waals surface area (Å²) in [5.41, 5.74) is 3.45. The van der Waals surface area contributed by atoms with Gasteiger partial charge in [0.05, 0.1) is 51.6 Å². The van der Waals surface area contributed by atoms with Crippen molar-refractivity contribution in [3.63, 3.8) is 0 Å². The van der Waals surface area contributed by atoms with Crippen molar-refractivity contribution in [2.75, 3.05) is 19.5 Å². The normalized spacial score (nSPS) is 10.6. The zero-order chi connectivity index (χ0) is 23.4. The Morgan fingerprint density at radius 3 is 2.45 bits per heavy atom. The second-order valence-electron chi connectivity index (χ2n) is 7.04. The fraction of sp³-hybridized carbons (Fsp3) is 0.120. The van der Waals surface area contributed by atoms with Gasteiger partial charge in [-0.2, -0.15) is 5.26 Å². The van der Waals surface area contributed by atoms with Crippen LogP contribution in [0, 0.1) is 11.3 Å². The molecule has 0 radical (unpaired) electrons. The number of pyridine rings is 1. The van der Waals surface area contributed by atoms with Crippen molar-refractivity contribution in [3.8, 4) is 17.6 Å². The van der Waals surface area contributed by atoms with Crippen LogP contribution in [0.3, 0.4) is 0 Å². The first kappa shape index (κ1) is 23.1. The summed E-state index contributed by atoms with van der Waals surface area (Å²) in [7, 11) is 3.16. The van der Waals surface area contributed by atoms with Gasteiger partial charge in [0.15, 0.2) is 0 Å². The molecule has 33 heavy (non-hydrogen) atoms. The zero-order valence-electron chi connectivity index (χ0n) is 17.9. The third-order valence-electron chi connectivity index (χ3n) is 5.01. The van der Waals surface area contributed by atoms with E-state index in [4.69, 9.17) is 32.7 Å². The lowest BCUT2D eigenvalue weighted by Gasteiger charge is -2.16. The van der Waals surface area contributed by atoms with Crippen LogP contribution < -0.4 is 14.8 Å². The number of rotatable bonds is 7. The number of thioether (sulfide) groups is 1.